The number of nitrogens with zero attached hydrogens (tertiary/aromatic N) is 2. The molecule has 118 valence electrons. The van der Waals surface area contributed by atoms with Gasteiger partial charge in [-0.3, -0.25) is 4.90 Å². The molecule has 3 heterocycles. The number of aromatic nitrogens is 1. The number of hydrogen-bond acceptors (Lipinski definition) is 5. The predicted molar refractivity (Wildman–Crippen MR) is 85.4 cm³/mol. The molecule has 3 rings (SSSR count). The van der Waals surface area contributed by atoms with Gasteiger partial charge in [0.2, 0.25) is 0 Å². The highest BCUT2D eigenvalue weighted by Crippen LogP contribution is 2.32. The van der Waals surface area contributed by atoms with E-state index < -0.39 is 0 Å². The molecule has 0 radical (unpaired) electrons. The van der Waals surface area contributed by atoms with E-state index in [1.807, 2.05) is 12.1 Å². The summed E-state index contributed by atoms with van der Waals surface area (Å²) in [5.41, 5.74) is 1.01. The Bertz CT molecular complexity index is 472. The van der Waals surface area contributed by atoms with Crippen molar-refractivity contribution in [3.63, 3.8) is 0 Å². The van der Waals surface area contributed by atoms with Crippen molar-refractivity contribution in [2.45, 2.75) is 25.8 Å². The van der Waals surface area contributed by atoms with Crippen LogP contribution < -0.4 is 9.47 Å². The topological polar surface area (TPSA) is 54.8 Å². The molecule has 1 fully saturated rings. The fraction of sp³-hybridized carbons (Fsp3) is 0.667. The van der Waals surface area contributed by atoms with Crippen LogP contribution in [0.3, 0.4) is 0 Å². The lowest BCUT2D eigenvalue weighted by molar-refractivity contribution is 0.0913. The van der Waals surface area contributed by atoms with Crippen LogP contribution in [-0.2, 0) is 0 Å². The molecule has 6 heteroatoms. The first kappa shape index (κ1) is 16.4. The van der Waals surface area contributed by atoms with Crippen LogP contribution >= 0.6 is 13.5 Å². The van der Waals surface area contributed by atoms with Crippen molar-refractivity contribution in [2.24, 2.45) is 5.92 Å². The summed E-state index contributed by atoms with van der Waals surface area (Å²) >= 11 is 0. The third-order valence-electron chi connectivity index (χ3n) is 4.21. The summed E-state index contributed by atoms with van der Waals surface area (Å²) in [7, 11) is 0. The molecule has 21 heavy (non-hydrogen) atoms. The highest BCUT2D eigenvalue weighted by Gasteiger charge is 2.25. The van der Waals surface area contributed by atoms with E-state index in [4.69, 9.17) is 9.47 Å². The van der Waals surface area contributed by atoms with Crippen molar-refractivity contribution in [1.82, 2.24) is 9.88 Å². The zero-order chi connectivity index (χ0) is 13.9. The molecule has 1 unspecified atom stereocenters. The Labute approximate surface area is 132 Å². The maximum absolute atomic E-state index is 9.34. The largest absolute Gasteiger partial charge is 0.484 e. The van der Waals surface area contributed by atoms with Gasteiger partial charge in [0.1, 0.15) is 13.2 Å². The summed E-state index contributed by atoms with van der Waals surface area (Å²) < 4.78 is 11.1. The highest BCUT2D eigenvalue weighted by atomic mass is 32.1. The Morgan fingerprint density at radius 2 is 2.19 bits per heavy atom. The fourth-order valence-electron chi connectivity index (χ4n) is 2.96. The minimum absolute atomic E-state index is 0. The van der Waals surface area contributed by atoms with Gasteiger partial charge in [-0.25, -0.2) is 4.98 Å². The van der Waals surface area contributed by atoms with Crippen molar-refractivity contribution in [2.75, 3.05) is 32.9 Å². The second-order valence-corrected chi connectivity index (χ2v) is 5.60. The molecule has 0 aliphatic carbocycles. The molecule has 0 amide bonds. The second-order valence-electron chi connectivity index (χ2n) is 5.60. The van der Waals surface area contributed by atoms with E-state index >= 15 is 0 Å². The lowest BCUT2D eigenvalue weighted by Gasteiger charge is -2.36. The first-order valence-electron chi connectivity index (χ1n) is 7.39. The molecule has 1 N–H and O–H groups in total. The number of hydrogen-bond donors (Lipinski definition) is 1. The standard InChI is InChI=1S/C15H22N2O3.H2S/c1-11(17-6-2-3-12(9-17)10-18)13-4-5-14-15(16-13)20-8-7-19-14;/h4-5,11-12,18H,2-3,6-10H2,1H3;1H2/t11?,12-;/m0./s1. The van der Waals surface area contributed by atoms with Crippen molar-refractivity contribution >= 4 is 13.5 Å². The number of pyridine rings is 1. The Hall–Kier alpha value is -0.980. The molecular weight excluding hydrogens is 288 g/mol. The number of likely N-dealkylation sites (tertiary alicyclic amines) is 1. The summed E-state index contributed by atoms with van der Waals surface area (Å²) in [6.45, 7) is 5.60. The number of aliphatic hydroxyl groups excluding tert-OH is 1. The van der Waals surface area contributed by atoms with E-state index in [1.54, 1.807) is 0 Å². The van der Waals surface area contributed by atoms with Crippen molar-refractivity contribution < 1.29 is 14.6 Å². The van der Waals surface area contributed by atoms with Crippen LogP contribution in [0.1, 0.15) is 31.5 Å². The van der Waals surface area contributed by atoms with E-state index in [0.717, 1.165) is 37.4 Å². The van der Waals surface area contributed by atoms with Gasteiger partial charge in [-0.2, -0.15) is 13.5 Å². The number of ether oxygens (including phenoxy) is 2. The SMILES string of the molecule is CC(c1ccc2c(n1)OCCO2)N1CCC[C@H](CO)C1.S. The van der Waals surface area contributed by atoms with E-state index in [-0.39, 0.29) is 26.1 Å². The summed E-state index contributed by atoms with van der Waals surface area (Å²) in [4.78, 5) is 6.98. The maximum atomic E-state index is 9.34. The molecule has 0 saturated carbocycles. The van der Waals surface area contributed by atoms with Crippen LogP contribution in [0.2, 0.25) is 0 Å². The summed E-state index contributed by atoms with van der Waals surface area (Å²) in [6.07, 6.45) is 2.26. The van der Waals surface area contributed by atoms with Gasteiger partial charge in [0.25, 0.3) is 5.88 Å². The predicted octanol–water partition coefficient (Wildman–Crippen LogP) is 1.73. The highest BCUT2D eigenvalue weighted by molar-refractivity contribution is 7.59. The molecule has 0 spiro atoms. The van der Waals surface area contributed by atoms with Crippen LogP contribution in [-0.4, -0.2) is 47.9 Å². The lowest BCUT2D eigenvalue weighted by Crippen LogP contribution is -2.38. The molecule has 1 saturated heterocycles. The van der Waals surface area contributed by atoms with Gasteiger partial charge in [0, 0.05) is 19.2 Å². The summed E-state index contributed by atoms with van der Waals surface area (Å²) in [6, 6.07) is 4.20. The monoisotopic (exact) mass is 312 g/mol. The van der Waals surface area contributed by atoms with Gasteiger partial charge in [0.15, 0.2) is 5.75 Å². The molecular formula is C15H24N2O3S. The summed E-state index contributed by atoms with van der Waals surface area (Å²) in [5, 5.41) is 9.34. The fourth-order valence-corrected chi connectivity index (χ4v) is 2.96. The molecule has 0 bridgehead atoms. The zero-order valence-electron chi connectivity index (χ0n) is 12.4. The van der Waals surface area contributed by atoms with Gasteiger partial charge in [0.05, 0.1) is 5.69 Å². The van der Waals surface area contributed by atoms with E-state index in [0.29, 0.717) is 25.0 Å². The van der Waals surface area contributed by atoms with Crippen LogP contribution in [0.5, 0.6) is 11.6 Å². The van der Waals surface area contributed by atoms with Crippen molar-refractivity contribution in [3.05, 3.63) is 17.8 Å². The van der Waals surface area contributed by atoms with Gasteiger partial charge in [-0.15, -0.1) is 0 Å². The molecule has 2 atom stereocenters. The molecule has 2 aliphatic heterocycles. The Kier molecular flexibility index (Phi) is 5.72. The summed E-state index contributed by atoms with van der Waals surface area (Å²) in [5.74, 6) is 1.74. The van der Waals surface area contributed by atoms with Crippen LogP contribution in [0.15, 0.2) is 12.1 Å². The molecule has 0 aromatic carbocycles. The Balaban J connectivity index is 0.00000161. The third kappa shape index (κ3) is 3.62. The third-order valence-corrected chi connectivity index (χ3v) is 4.21. The first-order chi connectivity index (χ1) is 9.78. The van der Waals surface area contributed by atoms with Crippen LogP contribution in [0.25, 0.3) is 0 Å². The van der Waals surface area contributed by atoms with Crippen molar-refractivity contribution in [3.8, 4) is 11.6 Å². The zero-order valence-corrected chi connectivity index (χ0v) is 13.4. The lowest BCUT2D eigenvalue weighted by atomic mass is 9.97. The average Bonchev–Trinajstić information content (AvgIpc) is 2.53. The normalized spacial score (nSPS) is 23.2. The van der Waals surface area contributed by atoms with Gasteiger partial charge in [-0.05, 0) is 44.4 Å². The van der Waals surface area contributed by atoms with Crippen LogP contribution in [0, 0.1) is 5.92 Å². The maximum Gasteiger partial charge on any atom is 0.257 e. The molecule has 5 nitrogen and oxygen atoms in total. The minimum Gasteiger partial charge on any atom is -0.484 e. The Morgan fingerprint density at radius 1 is 1.38 bits per heavy atom. The second kappa shape index (κ2) is 7.33. The quantitative estimate of drug-likeness (QED) is 0.921. The van der Waals surface area contributed by atoms with Crippen molar-refractivity contribution in [1.29, 1.82) is 0 Å². The Morgan fingerprint density at radius 3 is 3.00 bits per heavy atom. The van der Waals surface area contributed by atoms with Gasteiger partial charge >= 0.3 is 0 Å². The minimum atomic E-state index is 0. The van der Waals surface area contributed by atoms with Crippen LogP contribution in [0.4, 0.5) is 0 Å². The number of fused-ring (bicyclic) bond motifs is 1. The first-order valence-corrected chi connectivity index (χ1v) is 7.39. The number of rotatable bonds is 3. The van der Waals surface area contributed by atoms with Gasteiger partial charge < -0.3 is 14.6 Å². The molecule has 1 aromatic heterocycles. The van der Waals surface area contributed by atoms with E-state index in [9.17, 15) is 5.11 Å². The smallest absolute Gasteiger partial charge is 0.257 e. The van der Waals surface area contributed by atoms with E-state index in [2.05, 4.69) is 16.8 Å². The number of piperidine rings is 1. The van der Waals surface area contributed by atoms with E-state index in [1.165, 1.54) is 0 Å². The van der Waals surface area contributed by atoms with Gasteiger partial charge in [-0.1, -0.05) is 0 Å². The number of aliphatic hydroxyl groups is 1. The molecule has 2 aliphatic rings. The average molecular weight is 312 g/mol. The molecule has 1 aromatic rings.